The predicted octanol–water partition coefficient (Wildman–Crippen LogP) is 3.51. The van der Waals surface area contributed by atoms with Gasteiger partial charge < -0.3 is 10.3 Å². The number of rotatable bonds is 4. The number of primary amides is 1. The fourth-order valence-electron chi connectivity index (χ4n) is 3.46. The summed E-state index contributed by atoms with van der Waals surface area (Å²) in [6.45, 7) is 1.86. The second kappa shape index (κ2) is 6.74. The highest BCUT2D eigenvalue weighted by Crippen LogP contribution is 2.32. The predicted molar refractivity (Wildman–Crippen MR) is 96.3 cm³/mol. The Morgan fingerprint density at radius 1 is 1.19 bits per heavy atom. The van der Waals surface area contributed by atoms with Gasteiger partial charge in [0.2, 0.25) is 5.91 Å². The van der Waals surface area contributed by atoms with E-state index in [0.717, 1.165) is 30.0 Å². The molecule has 7 nitrogen and oxygen atoms in total. The van der Waals surface area contributed by atoms with E-state index in [0.29, 0.717) is 23.1 Å². The van der Waals surface area contributed by atoms with Crippen LogP contribution in [0.4, 0.5) is 0 Å². The van der Waals surface area contributed by atoms with Crippen LogP contribution in [-0.4, -0.2) is 25.8 Å². The second-order valence-electron chi connectivity index (χ2n) is 6.76. The fraction of sp³-hybridized carbons (Fsp3) is 0.368. The van der Waals surface area contributed by atoms with Crippen LogP contribution in [0.25, 0.3) is 22.9 Å². The molecule has 1 amide bonds. The van der Waals surface area contributed by atoms with Crippen LogP contribution < -0.4 is 5.73 Å². The van der Waals surface area contributed by atoms with Gasteiger partial charge in [-0.1, -0.05) is 36.6 Å². The smallest absolute Gasteiger partial charge is 0.248 e. The molecule has 0 aliphatic heterocycles. The molecular formula is C19H21N5O2. The van der Waals surface area contributed by atoms with Crippen molar-refractivity contribution in [2.45, 2.75) is 45.1 Å². The Labute approximate surface area is 151 Å². The third-order valence-electron chi connectivity index (χ3n) is 4.84. The minimum absolute atomic E-state index is 0.321. The van der Waals surface area contributed by atoms with Gasteiger partial charge in [0, 0.05) is 17.2 Å². The average Bonchev–Trinajstić information content (AvgIpc) is 3.29. The minimum Gasteiger partial charge on any atom is -0.366 e. The molecule has 0 unspecified atom stereocenters. The molecule has 26 heavy (non-hydrogen) atoms. The summed E-state index contributed by atoms with van der Waals surface area (Å²) in [5, 5.41) is 8.90. The van der Waals surface area contributed by atoms with Crippen molar-refractivity contribution in [3.63, 3.8) is 0 Å². The maximum absolute atomic E-state index is 11.3. The van der Waals surface area contributed by atoms with Crippen molar-refractivity contribution >= 4 is 5.91 Å². The maximum Gasteiger partial charge on any atom is 0.248 e. The number of carbonyl (C=O) groups excluding carboxylic acids is 1. The molecule has 0 saturated heterocycles. The number of carbonyl (C=O) groups is 1. The van der Waals surface area contributed by atoms with Crippen LogP contribution in [0, 0.1) is 6.92 Å². The minimum atomic E-state index is -0.448. The zero-order chi connectivity index (χ0) is 18.1. The highest BCUT2D eigenvalue weighted by molar-refractivity contribution is 5.93. The molecule has 3 aromatic rings. The van der Waals surface area contributed by atoms with Gasteiger partial charge in [-0.05, 0) is 31.9 Å². The Balaban J connectivity index is 1.76. The van der Waals surface area contributed by atoms with Crippen molar-refractivity contribution < 1.29 is 9.32 Å². The first-order valence-electron chi connectivity index (χ1n) is 8.92. The highest BCUT2D eigenvalue weighted by Gasteiger charge is 2.24. The van der Waals surface area contributed by atoms with Crippen LogP contribution >= 0.6 is 0 Å². The van der Waals surface area contributed by atoms with Gasteiger partial charge in [-0.25, -0.2) is 9.67 Å². The van der Waals surface area contributed by atoms with Crippen LogP contribution in [0.5, 0.6) is 0 Å². The molecule has 7 heteroatoms. The molecule has 1 aliphatic carbocycles. The summed E-state index contributed by atoms with van der Waals surface area (Å²) in [5.41, 5.74) is 7.31. The summed E-state index contributed by atoms with van der Waals surface area (Å²) in [6.07, 6.45) is 5.85. The van der Waals surface area contributed by atoms with Crippen LogP contribution in [0.1, 0.15) is 54.3 Å². The van der Waals surface area contributed by atoms with Gasteiger partial charge in [0.25, 0.3) is 0 Å². The summed E-state index contributed by atoms with van der Waals surface area (Å²) < 4.78 is 7.23. The Morgan fingerprint density at radius 3 is 2.54 bits per heavy atom. The highest BCUT2D eigenvalue weighted by atomic mass is 16.5. The molecule has 0 bridgehead atoms. The standard InChI is InChI=1S/C19H21N5O2/c1-12-11-16(23-26-12)19-21-18(14-9-7-13(8-10-14)17(20)25)22-24(19)15-5-3-2-4-6-15/h7-11,15H,2-6H2,1H3,(H2,20,25). The molecule has 0 radical (unpaired) electrons. The van der Waals surface area contributed by atoms with Crippen molar-refractivity contribution in [3.05, 3.63) is 41.7 Å². The summed E-state index contributed by atoms with van der Waals surface area (Å²) in [7, 11) is 0. The van der Waals surface area contributed by atoms with E-state index in [2.05, 4.69) is 5.16 Å². The molecule has 2 heterocycles. The van der Waals surface area contributed by atoms with Gasteiger partial charge >= 0.3 is 0 Å². The van der Waals surface area contributed by atoms with Crippen molar-refractivity contribution in [2.75, 3.05) is 0 Å². The third-order valence-corrected chi connectivity index (χ3v) is 4.84. The first-order valence-corrected chi connectivity index (χ1v) is 8.92. The van der Waals surface area contributed by atoms with Crippen LogP contribution in [0.2, 0.25) is 0 Å². The SMILES string of the molecule is Cc1cc(-c2nc(-c3ccc(C(N)=O)cc3)nn2C2CCCCC2)no1. The second-order valence-corrected chi connectivity index (χ2v) is 6.76. The van der Waals surface area contributed by atoms with E-state index in [1.165, 1.54) is 19.3 Å². The molecule has 2 aromatic heterocycles. The van der Waals surface area contributed by atoms with Crippen molar-refractivity contribution in [1.82, 2.24) is 19.9 Å². The Morgan fingerprint density at radius 2 is 1.92 bits per heavy atom. The molecule has 0 spiro atoms. The third kappa shape index (κ3) is 3.12. The number of hydrogen-bond donors (Lipinski definition) is 1. The van der Waals surface area contributed by atoms with Gasteiger partial charge in [0.15, 0.2) is 17.3 Å². The Hall–Kier alpha value is -2.96. The summed E-state index contributed by atoms with van der Waals surface area (Å²) >= 11 is 0. The normalized spacial score (nSPS) is 15.3. The number of hydrogen-bond acceptors (Lipinski definition) is 5. The quantitative estimate of drug-likeness (QED) is 0.775. The lowest BCUT2D eigenvalue weighted by Gasteiger charge is -2.22. The average molecular weight is 351 g/mol. The van der Waals surface area contributed by atoms with Gasteiger partial charge in [-0.3, -0.25) is 4.79 Å². The van der Waals surface area contributed by atoms with Crippen LogP contribution in [0.3, 0.4) is 0 Å². The molecule has 0 atom stereocenters. The van der Waals surface area contributed by atoms with Gasteiger partial charge in [-0.15, -0.1) is 0 Å². The van der Waals surface area contributed by atoms with Gasteiger partial charge in [0.1, 0.15) is 5.76 Å². The van der Waals surface area contributed by atoms with Crippen LogP contribution in [0.15, 0.2) is 34.9 Å². The summed E-state index contributed by atoms with van der Waals surface area (Å²) in [6, 6.07) is 9.22. The fourth-order valence-corrected chi connectivity index (χ4v) is 3.46. The van der Waals surface area contributed by atoms with Gasteiger partial charge in [0.05, 0.1) is 6.04 Å². The molecule has 4 rings (SSSR count). The van der Waals surface area contributed by atoms with E-state index in [1.54, 1.807) is 12.1 Å². The van der Waals surface area contributed by atoms with Crippen molar-refractivity contribution in [2.24, 2.45) is 5.73 Å². The Bertz CT molecular complexity index is 920. The largest absolute Gasteiger partial charge is 0.366 e. The van der Waals surface area contributed by atoms with Crippen molar-refractivity contribution in [3.8, 4) is 22.9 Å². The molecule has 134 valence electrons. The zero-order valence-corrected chi connectivity index (χ0v) is 14.7. The van der Waals surface area contributed by atoms with Crippen molar-refractivity contribution in [1.29, 1.82) is 0 Å². The van der Waals surface area contributed by atoms with Gasteiger partial charge in [-0.2, -0.15) is 5.10 Å². The molecule has 1 fully saturated rings. The first-order chi connectivity index (χ1) is 12.6. The monoisotopic (exact) mass is 351 g/mol. The molecule has 1 saturated carbocycles. The Kier molecular flexibility index (Phi) is 4.28. The molecule has 2 N–H and O–H groups in total. The van der Waals surface area contributed by atoms with E-state index in [-0.39, 0.29) is 0 Å². The summed E-state index contributed by atoms with van der Waals surface area (Å²) in [5.74, 6) is 1.63. The number of aromatic nitrogens is 4. The maximum atomic E-state index is 11.3. The van der Waals surface area contributed by atoms with E-state index >= 15 is 0 Å². The summed E-state index contributed by atoms with van der Waals surface area (Å²) in [4.78, 5) is 16.0. The number of aryl methyl sites for hydroxylation is 1. The number of benzene rings is 1. The first kappa shape index (κ1) is 16.5. The lowest BCUT2D eigenvalue weighted by atomic mass is 9.95. The number of amides is 1. The number of nitrogens with zero attached hydrogens (tertiary/aromatic N) is 4. The van der Waals surface area contributed by atoms with Crippen LogP contribution in [-0.2, 0) is 0 Å². The lowest BCUT2D eigenvalue weighted by molar-refractivity contribution is 0.100. The van der Waals surface area contributed by atoms with E-state index in [9.17, 15) is 4.79 Å². The zero-order valence-electron chi connectivity index (χ0n) is 14.7. The molecule has 1 aromatic carbocycles. The van der Waals surface area contributed by atoms with E-state index in [1.807, 2.05) is 29.8 Å². The van der Waals surface area contributed by atoms with E-state index in [4.69, 9.17) is 20.3 Å². The molecular weight excluding hydrogens is 330 g/mol. The van der Waals surface area contributed by atoms with E-state index < -0.39 is 5.91 Å². The molecule has 1 aliphatic rings. The topological polar surface area (TPSA) is 99.8 Å². The lowest BCUT2D eigenvalue weighted by Crippen LogP contribution is -2.15. The number of nitrogens with two attached hydrogens (primary N) is 1.